The zero-order chi connectivity index (χ0) is 35.4. The van der Waals surface area contributed by atoms with Crippen molar-refractivity contribution in [1.29, 1.82) is 0 Å². The quantitative estimate of drug-likeness (QED) is 0.161. The number of anilines is 3. The molecule has 2 atom stereocenters. The summed E-state index contributed by atoms with van der Waals surface area (Å²) < 4.78 is 2.43. The molecule has 0 unspecified atom stereocenters. The van der Waals surface area contributed by atoms with E-state index in [0.717, 1.165) is 28.9 Å². The Morgan fingerprint density at radius 1 is 0.444 bits per heavy atom. The van der Waals surface area contributed by atoms with E-state index < -0.39 is 0 Å². The van der Waals surface area contributed by atoms with Gasteiger partial charge in [-0.15, -0.1) is 0 Å². The smallest absolute Gasteiger partial charge is 0.0541 e. The molecule has 54 heavy (non-hydrogen) atoms. The van der Waals surface area contributed by atoms with Crippen molar-refractivity contribution in [1.82, 2.24) is 4.57 Å². The summed E-state index contributed by atoms with van der Waals surface area (Å²) in [5.41, 5.74) is 14.8. The second-order valence-corrected chi connectivity index (χ2v) is 16.8. The van der Waals surface area contributed by atoms with E-state index in [2.05, 4.69) is 185 Å². The first kappa shape index (κ1) is 30.6. The molecule has 8 aromatic rings. The second kappa shape index (κ2) is 11.3. The van der Waals surface area contributed by atoms with Crippen molar-refractivity contribution in [3.63, 3.8) is 0 Å². The first-order valence-corrected chi connectivity index (χ1v) is 19.9. The van der Waals surface area contributed by atoms with Crippen LogP contribution in [0.3, 0.4) is 0 Å². The van der Waals surface area contributed by atoms with Crippen molar-refractivity contribution in [2.75, 3.05) is 4.90 Å². The van der Waals surface area contributed by atoms with Gasteiger partial charge in [0.1, 0.15) is 0 Å². The maximum absolute atomic E-state index is 2.48. The fourth-order valence-corrected chi connectivity index (χ4v) is 12.1. The fourth-order valence-electron chi connectivity index (χ4n) is 12.1. The maximum atomic E-state index is 2.48. The minimum atomic E-state index is 0.409. The van der Waals surface area contributed by atoms with Gasteiger partial charge in [-0.25, -0.2) is 0 Å². The van der Waals surface area contributed by atoms with Gasteiger partial charge in [0, 0.05) is 33.4 Å². The van der Waals surface area contributed by atoms with Gasteiger partial charge in [0.25, 0.3) is 0 Å². The minimum absolute atomic E-state index is 0.409. The van der Waals surface area contributed by atoms with Crippen LogP contribution in [-0.2, 0) is 5.41 Å². The van der Waals surface area contributed by atoms with E-state index in [-0.39, 0.29) is 0 Å². The Balaban J connectivity index is 0.935. The summed E-state index contributed by atoms with van der Waals surface area (Å²) in [5, 5.41) is 2.56. The number of aromatic nitrogens is 1. The summed E-state index contributed by atoms with van der Waals surface area (Å²) in [6.07, 6.45) is 7.29. The van der Waals surface area contributed by atoms with Crippen molar-refractivity contribution in [3.05, 3.63) is 181 Å². The lowest BCUT2D eigenvalue weighted by atomic mass is 9.38. The third kappa shape index (κ3) is 4.23. The van der Waals surface area contributed by atoms with Crippen LogP contribution >= 0.6 is 0 Å². The molecule has 0 radical (unpaired) electrons. The molecule has 4 saturated carbocycles. The Kier molecular flexibility index (Phi) is 6.41. The third-order valence-electron chi connectivity index (χ3n) is 14.5. The first-order valence-electron chi connectivity index (χ1n) is 19.9. The van der Waals surface area contributed by atoms with Crippen molar-refractivity contribution >= 4 is 38.9 Å². The molecular weight excluding hydrogens is 653 g/mol. The molecule has 4 fully saturated rings. The molecule has 2 bridgehead atoms. The first-order chi connectivity index (χ1) is 26.7. The van der Waals surface area contributed by atoms with Gasteiger partial charge >= 0.3 is 0 Å². The Bertz CT molecular complexity index is 2630. The molecule has 0 aliphatic heterocycles. The zero-order valence-electron chi connectivity index (χ0n) is 30.4. The van der Waals surface area contributed by atoms with E-state index in [0.29, 0.717) is 5.41 Å². The summed E-state index contributed by atoms with van der Waals surface area (Å²) >= 11 is 0. The average Bonchev–Trinajstić information content (AvgIpc) is 3.85. The number of para-hydroxylation sites is 3. The number of benzene rings is 7. The molecule has 260 valence electrons. The van der Waals surface area contributed by atoms with E-state index in [4.69, 9.17) is 0 Å². The van der Waals surface area contributed by atoms with Crippen molar-refractivity contribution < 1.29 is 0 Å². The molecule has 0 amide bonds. The standard InChI is InChI=1S/C52H42N2/c1-2-10-35(11-3-1)36-18-24-42(25-19-36)53(44-28-22-38(23-29-44)51-32-40-30-39-31-41(33-51)52(39,40)34-51)43-26-20-37(21-27-43)45-12-4-7-15-48(45)54-49-16-8-5-13-46(49)47-14-6-9-17-50(47)54/h1-29,39-41H,30-34H2/t39?,40-,41-,51?,52?/m0/s1. The highest BCUT2D eigenvalue weighted by Crippen LogP contribution is 2.84. The summed E-state index contributed by atoms with van der Waals surface area (Å²) in [7, 11) is 0. The van der Waals surface area contributed by atoms with Gasteiger partial charge in [-0.05, 0) is 138 Å². The van der Waals surface area contributed by atoms with E-state index in [1.807, 2.05) is 0 Å². The van der Waals surface area contributed by atoms with Crippen LogP contribution < -0.4 is 4.90 Å². The number of nitrogens with zero attached hydrogens (tertiary/aromatic N) is 2. The van der Waals surface area contributed by atoms with Crippen LogP contribution in [0.2, 0.25) is 0 Å². The lowest BCUT2D eigenvalue weighted by Gasteiger charge is -2.66. The van der Waals surface area contributed by atoms with E-state index in [9.17, 15) is 0 Å². The van der Waals surface area contributed by atoms with Gasteiger partial charge in [-0.2, -0.15) is 0 Å². The third-order valence-corrected chi connectivity index (χ3v) is 14.5. The number of hydrogen-bond donors (Lipinski definition) is 0. The Morgan fingerprint density at radius 2 is 0.944 bits per heavy atom. The van der Waals surface area contributed by atoms with Crippen LogP contribution in [0.15, 0.2) is 176 Å². The molecule has 4 aliphatic rings. The number of fused-ring (bicyclic) bond motifs is 4. The van der Waals surface area contributed by atoms with Crippen molar-refractivity contribution in [2.45, 2.75) is 37.5 Å². The van der Waals surface area contributed by atoms with Crippen molar-refractivity contribution in [3.8, 4) is 27.9 Å². The molecule has 12 rings (SSSR count). The fraction of sp³-hybridized carbons (Fsp3) is 0.192. The summed E-state index contributed by atoms with van der Waals surface area (Å²) in [5.74, 6) is 3.03. The maximum Gasteiger partial charge on any atom is 0.0541 e. The average molecular weight is 695 g/mol. The Labute approximate surface area is 317 Å². The monoisotopic (exact) mass is 694 g/mol. The normalized spacial score (nSPS) is 24.6. The van der Waals surface area contributed by atoms with E-state index >= 15 is 0 Å². The summed E-state index contributed by atoms with van der Waals surface area (Å²) in [4.78, 5) is 2.43. The van der Waals surface area contributed by atoms with Crippen molar-refractivity contribution in [2.24, 2.45) is 23.2 Å². The van der Waals surface area contributed by atoms with Crippen LogP contribution in [0.25, 0.3) is 49.7 Å². The highest BCUT2D eigenvalue weighted by atomic mass is 15.1. The van der Waals surface area contributed by atoms with Crippen LogP contribution in [0.4, 0.5) is 17.1 Å². The summed E-state index contributed by atoms with van der Waals surface area (Å²) in [6, 6.07) is 65.1. The molecule has 0 saturated heterocycles. The van der Waals surface area contributed by atoms with Gasteiger partial charge in [0.2, 0.25) is 0 Å². The van der Waals surface area contributed by atoms with Gasteiger partial charge in [-0.3, -0.25) is 0 Å². The topological polar surface area (TPSA) is 8.17 Å². The lowest BCUT2D eigenvalue weighted by Crippen LogP contribution is -2.59. The predicted molar refractivity (Wildman–Crippen MR) is 224 cm³/mol. The van der Waals surface area contributed by atoms with Crippen LogP contribution in [-0.4, -0.2) is 4.57 Å². The highest BCUT2D eigenvalue weighted by Gasteiger charge is 2.77. The molecule has 2 nitrogen and oxygen atoms in total. The van der Waals surface area contributed by atoms with Crippen LogP contribution in [0.5, 0.6) is 0 Å². The van der Waals surface area contributed by atoms with E-state index in [1.165, 1.54) is 93.2 Å². The second-order valence-electron chi connectivity index (χ2n) is 16.8. The van der Waals surface area contributed by atoms with Gasteiger partial charge in [0.05, 0.1) is 16.7 Å². The molecule has 4 aliphatic carbocycles. The van der Waals surface area contributed by atoms with Gasteiger partial charge in [-0.1, -0.05) is 121 Å². The lowest BCUT2D eigenvalue weighted by molar-refractivity contribution is -0.175. The molecule has 1 aromatic heterocycles. The predicted octanol–water partition coefficient (Wildman–Crippen LogP) is 13.7. The molecule has 1 spiro atoms. The van der Waals surface area contributed by atoms with Crippen LogP contribution in [0, 0.1) is 23.2 Å². The van der Waals surface area contributed by atoms with E-state index in [1.54, 1.807) is 5.56 Å². The molecule has 2 heteroatoms. The minimum Gasteiger partial charge on any atom is -0.311 e. The largest absolute Gasteiger partial charge is 0.311 e. The molecular formula is C52H42N2. The zero-order valence-corrected chi connectivity index (χ0v) is 30.4. The Hall–Kier alpha value is -5.86. The molecule has 7 aromatic carbocycles. The summed E-state index contributed by atoms with van der Waals surface area (Å²) in [6.45, 7) is 0. The Morgan fingerprint density at radius 3 is 1.54 bits per heavy atom. The van der Waals surface area contributed by atoms with Gasteiger partial charge < -0.3 is 9.47 Å². The molecule has 0 N–H and O–H groups in total. The number of hydrogen-bond acceptors (Lipinski definition) is 1. The SMILES string of the molecule is c1ccc(-c2ccc(N(c3ccc(-c4ccccc4-n4c5ccccc5c5ccccc54)cc3)c3ccc(C45C[C@@H]6CC7C[C@@H](C4)C76C5)cc3)cc2)cc1. The van der Waals surface area contributed by atoms with Gasteiger partial charge in [0.15, 0.2) is 0 Å². The number of rotatable bonds is 7. The van der Waals surface area contributed by atoms with Crippen LogP contribution in [0.1, 0.15) is 37.7 Å². The molecule has 1 heterocycles. The highest BCUT2D eigenvalue weighted by molar-refractivity contribution is 6.09.